The van der Waals surface area contributed by atoms with E-state index in [0.717, 1.165) is 6.42 Å². The van der Waals surface area contributed by atoms with Crippen molar-refractivity contribution < 1.29 is 4.74 Å². The molecule has 0 spiro atoms. The molecular formula is C18H18N6O3. The zero-order valence-corrected chi connectivity index (χ0v) is 15.0. The Bertz CT molecular complexity index is 1250. The number of nitrogens with zero attached hydrogens (tertiary/aromatic N) is 5. The summed E-state index contributed by atoms with van der Waals surface area (Å²) in [7, 11) is 1.55. The number of aryl methyl sites for hydroxylation is 1. The van der Waals surface area contributed by atoms with E-state index in [1.807, 2.05) is 6.92 Å². The van der Waals surface area contributed by atoms with Crippen LogP contribution in [0.5, 0.6) is 0 Å². The molecule has 9 nitrogen and oxygen atoms in total. The number of methoxy groups -OCH3 is 1. The van der Waals surface area contributed by atoms with Crippen molar-refractivity contribution in [2.45, 2.75) is 26.5 Å². The molecule has 0 unspecified atom stereocenters. The van der Waals surface area contributed by atoms with E-state index < -0.39 is 0 Å². The first-order chi connectivity index (χ1) is 13.1. The molecule has 0 aliphatic rings. The first kappa shape index (κ1) is 17.1. The first-order valence-corrected chi connectivity index (χ1v) is 8.58. The Kier molecular flexibility index (Phi) is 4.28. The van der Waals surface area contributed by atoms with E-state index in [4.69, 9.17) is 4.74 Å². The van der Waals surface area contributed by atoms with Crippen LogP contribution in [0.25, 0.3) is 27.8 Å². The Morgan fingerprint density at radius 3 is 2.56 bits per heavy atom. The topological polar surface area (TPSA) is 108 Å². The Morgan fingerprint density at radius 1 is 1.07 bits per heavy atom. The minimum atomic E-state index is -0.338. The highest BCUT2D eigenvalue weighted by atomic mass is 16.5. The van der Waals surface area contributed by atoms with Crippen molar-refractivity contribution in [1.82, 2.24) is 29.3 Å². The van der Waals surface area contributed by atoms with Crippen molar-refractivity contribution in [3.8, 4) is 5.95 Å². The SMILES string of the molecule is CCCn1ccc2nc3ccn(-c4n[nH]c(COC)n4)c(=O)c3cc2c1=O. The van der Waals surface area contributed by atoms with Crippen molar-refractivity contribution in [2.24, 2.45) is 0 Å². The molecule has 0 saturated carbocycles. The van der Waals surface area contributed by atoms with Crippen molar-refractivity contribution in [2.75, 3.05) is 7.11 Å². The highest BCUT2D eigenvalue weighted by Crippen LogP contribution is 2.15. The first-order valence-electron chi connectivity index (χ1n) is 8.58. The van der Waals surface area contributed by atoms with Gasteiger partial charge >= 0.3 is 0 Å². The van der Waals surface area contributed by atoms with Gasteiger partial charge in [0.25, 0.3) is 17.1 Å². The summed E-state index contributed by atoms with van der Waals surface area (Å²) in [5, 5.41) is 7.54. The zero-order chi connectivity index (χ0) is 19.0. The van der Waals surface area contributed by atoms with Crippen LogP contribution in [0, 0.1) is 0 Å². The lowest BCUT2D eigenvalue weighted by Crippen LogP contribution is -2.22. The molecular weight excluding hydrogens is 348 g/mol. The molecule has 0 fully saturated rings. The van der Waals surface area contributed by atoms with Crippen LogP contribution in [0.2, 0.25) is 0 Å². The zero-order valence-electron chi connectivity index (χ0n) is 15.0. The molecule has 138 valence electrons. The smallest absolute Gasteiger partial charge is 0.267 e. The molecule has 0 aromatic carbocycles. The van der Waals surface area contributed by atoms with Crippen LogP contribution in [0.15, 0.2) is 40.2 Å². The molecule has 0 atom stereocenters. The van der Waals surface area contributed by atoms with Gasteiger partial charge in [0, 0.05) is 26.0 Å². The minimum absolute atomic E-state index is 0.154. The summed E-state index contributed by atoms with van der Waals surface area (Å²) < 4.78 is 7.95. The highest BCUT2D eigenvalue weighted by molar-refractivity contribution is 5.91. The summed E-state index contributed by atoms with van der Waals surface area (Å²) in [6.45, 7) is 2.88. The van der Waals surface area contributed by atoms with Crippen LogP contribution in [0.3, 0.4) is 0 Å². The fourth-order valence-electron chi connectivity index (χ4n) is 3.03. The lowest BCUT2D eigenvalue weighted by Gasteiger charge is -2.07. The van der Waals surface area contributed by atoms with Gasteiger partial charge in [-0.25, -0.2) is 9.55 Å². The lowest BCUT2D eigenvalue weighted by atomic mass is 10.2. The second kappa shape index (κ2) is 6.76. The normalized spacial score (nSPS) is 11.5. The monoisotopic (exact) mass is 366 g/mol. The number of aromatic nitrogens is 6. The van der Waals surface area contributed by atoms with Gasteiger partial charge in [0.15, 0.2) is 5.82 Å². The van der Waals surface area contributed by atoms with Gasteiger partial charge in [-0.2, -0.15) is 4.98 Å². The number of hydrogen-bond acceptors (Lipinski definition) is 6. The van der Waals surface area contributed by atoms with E-state index in [-0.39, 0.29) is 23.7 Å². The standard InChI is InChI=1S/C18H18N6O3/c1-3-6-23-7-4-13-11(16(23)25)9-12-14(19-13)5-8-24(17(12)26)18-20-15(10-27-2)21-22-18/h4-5,7-9H,3,6,10H2,1-2H3,(H,20,21,22). The minimum Gasteiger partial charge on any atom is -0.377 e. The number of pyridine rings is 3. The number of fused-ring (bicyclic) bond motifs is 2. The molecule has 1 N–H and O–H groups in total. The lowest BCUT2D eigenvalue weighted by molar-refractivity contribution is 0.178. The van der Waals surface area contributed by atoms with E-state index in [2.05, 4.69) is 20.2 Å². The molecule has 4 heterocycles. The van der Waals surface area contributed by atoms with Gasteiger partial charge < -0.3 is 9.30 Å². The van der Waals surface area contributed by atoms with Crippen molar-refractivity contribution in [3.63, 3.8) is 0 Å². The average Bonchev–Trinajstić information content (AvgIpc) is 3.12. The molecule has 9 heteroatoms. The maximum Gasteiger partial charge on any atom is 0.267 e. The van der Waals surface area contributed by atoms with Crippen molar-refractivity contribution in [1.29, 1.82) is 0 Å². The average molecular weight is 366 g/mol. The Labute approximate surface area is 153 Å². The van der Waals surface area contributed by atoms with E-state index in [9.17, 15) is 9.59 Å². The van der Waals surface area contributed by atoms with Gasteiger partial charge in [-0.1, -0.05) is 6.92 Å². The van der Waals surface area contributed by atoms with Gasteiger partial charge in [0.2, 0.25) is 0 Å². The molecule has 4 aromatic heterocycles. The Hall–Kier alpha value is -3.33. The van der Waals surface area contributed by atoms with Gasteiger partial charge in [-0.3, -0.25) is 14.7 Å². The van der Waals surface area contributed by atoms with E-state index in [1.54, 1.807) is 42.3 Å². The molecule has 0 aliphatic heterocycles. The van der Waals surface area contributed by atoms with Gasteiger partial charge in [0.1, 0.15) is 6.61 Å². The van der Waals surface area contributed by atoms with Crippen LogP contribution in [0.4, 0.5) is 0 Å². The number of aromatic amines is 1. The Morgan fingerprint density at radius 2 is 1.81 bits per heavy atom. The molecule has 4 aromatic rings. The molecule has 0 aliphatic carbocycles. The fraction of sp³-hybridized carbons (Fsp3) is 0.278. The summed E-state index contributed by atoms with van der Waals surface area (Å²) >= 11 is 0. The van der Waals surface area contributed by atoms with Crippen LogP contribution in [-0.4, -0.2) is 36.4 Å². The molecule has 4 rings (SSSR count). The maximum atomic E-state index is 13.0. The molecule has 0 amide bonds. The number of hydrogen-bond donors (Lipinski definition) is 1. The van der Waals surface area contributed by atoms with Crippen molar-refractivity contribution in [3.05, 3.63) is 57.1 Å². The molecule has 0 bridgehead atoms. The summed E-state index contributed by atoms with van der Waals surface area (Å²) in [5.41, 5.74) is 0.593. The van der Waals surface area contributed by atoms with E-state index in [0.29, 0.717) is 34.2 Å². The predicted octanol–water partition coefficient (Wildman–Crippen LogP) is 1.38. The van der Waals surface area contributed by atoms with Crippen LogP contribution in [0.1, 0.15) is 19.2 Å². The summed E-state index contributed by atoms with van der Waals surface area (Å²) in [6.07, 6.45) is 4.15. The number of H-pyrrole nitrogens is 1. The third-order valence-corrected chi connectivity index (χ3v) is 4.30. The van der Waals surface area contributed by atoms with E-state index >= 15 is 0 Å². The van der Waals surface area contributed by atoms with Crippen molar-refractivity contribution >= 4 is 21.8 Å². The molecule has 27 heavy (non-hydrogen) atoms. The third-order valence-electron chi connectivity index (χ3n) is 4.30. The fourth-order valence-corrected chi connectivity index (χ4v) is 3.03. The van der Waals surface area contributed by atoms with Crippen LogP contribution < -0.4 is 11.1 Å². The van der Waals surface area contributed by atoms with Gasteiger partial charge in [-0.05, 0) is 24.6 Å². The number of nitrogens with one attached hydrogen (secondary N) is 1. The van der Waals surface area contributed by atoms with Crippen LogP contribution in [-0.2, 0) is 17.9 Å². The second-order valence-corrected chi connectivity index (χ2v) is 6.17. The third kappa shape index (κ3) is 2.91. The molecule has 0 radical (unpaired) electrons. The number of ether oxygens (including phenoxy) is 1. The largest absolute Gasteiger partial charge is 0.377 e. The number of rotatable bonds is 5. The summed E-state index contributed by atoms with van der Waals surface area (Å²) in [6, 6.07) is 5.11. The summed E-state index contributed by atoms with van der Waals surface area (Å²) in [5.74, 6) is 0.726. The second-order valence-electron chi connectivity index (χ2n) is 6.17. The predicted molar refractivity (Wildman–Crippen MR) is 100 cm³/mol. The Balaban J connectivity index is 1.92. The maximum absolute atomic E-state index is 13.0. The summed E-state index contributed by atoms with van der Waals surface area (Å²) in [4.78, 5) is 34.3. The highest BCUT2D eigenvalue weighted by Gasteiger charge is 2.13. The quantitative estimate of drug-likeness (QED) is 0.535. The van der Waals surface area contributed by atoms with Gasteiger partial charge in [-0.15, -0.1) is 5.10 Å². The molecule has 0 saturated heterocycles. The van der Waals surface area contributed by atoms with Crippen LogP contribution >= 0.6 is 0 Å². The van der Waals surface area contributed by atoms with E-state index in [1.165, 1.54) is 4.57 Å². The van der Waals surface area contributed by atoms with Gasteiger partial charge in [0.05, 0.1) is 21.8 Å².